The first-order valence-corrected chi connectivity index (χ1v) is 8.44. The van der Waals surface area contributed by atoms with Gasteiger partial charge in [-0.05, 0) is 42.6 Å². The lowest BCUT2D eigenvalue weighted by Gasteiger charge is -2.29. The van der Waals surface area contributed by atoms with Gasteiger partial charge >= 0.3 is 0 Å². The molecule has 0 aliphatic carbocycles. The molecule has 5 heteroatoms. The number of benzene rings is 1. The van der Waals surface area contributed by atoms with Crippen LogP contribution >= 0.6 is 12.2 Å². The van der Waals surface area contributed by atoms with Crippen molar-refractivity contribution in [3.63, 3.8) is 0 Å². The average Bonchev–Trinajstić information content (AvgIpc) is 2.55. The Balaban J connectivity index is 1.89. The number of methoxy groups -OCH3 is 1. The number of anilines is 1. The van der Waals surface area contributed by atoms with Crippen molar-refractivity contribution >= 4 is 23.0 Å². The molecule has 0 saturated heterocycles. The number of nitrogens with one attached hydrogen (secondary N) is 2. The quantitative estimate of drug-likeness (QED) is 0.772. The van der Waals surface area contributed by atoms with Gasteiger partial charge in [-0.2, -0.15) is 0 Å². The number of pyridine rings is 1. The van der Waals surface area contributed by atoms with E-state index in [1.165, 1.54) is 5.56 Å². The molecule has 24 heavy (non-hydrogen) atoms. The number of hydrogen-bond donors (Lipinski definition) is 2. The minimum absolute atomic E-state index is 0.0744. The van der Waals surface area contributed by atoms with Crippen LogP contribution in [0.1, 0.15) is 32.8 Å². The van der Waals surface area contributed by atoms with E-state index in [1.54, 1.807) is 19.4 Å². The van der Waals surface area contributed by atoms with E-state index >= 15 is 0 Å². The Hall–Kier alpha value is -2.14. The third-order valence-electron chi connectivity index (χ3n) is 3.95. The number of nitrogens with zero attached hydrogens (tertiary/aromatic N) is 1. The monoisotopic (exact) mass is 343 g/mol. The van der Waals surface area contributed by atoms with E-state index in [-0.39, 0.29) is 11.5 Å². The molecule has 1 aromatic carbocycles. The Kier molecular flexibility index (Phi) is 6.15. The maximum atomic E-state index is 5.40. The van der Waals surface area contributed by atoms with Crippen LogP contribution in [0.2, 0.25) is 0 Å². The van der Waals surface area contributed by atoms with Gasteiger partial charge in [-0.15, -0.1) is 0 Å². The van der Waals surface area contributed by atoms with E-state index in [2.05, 4.69) is 60.7 Å². The molecule has 128 valence electrons. The smallest absolute Gasteiger partial charge is 0.213 e. The fraction of sp³-hybridized carbons (Fsp3) is 0.368. The van der Waals surface area contributed by atoms with Crippen LogP contribution in [0.25, 0.3) is 0 Å². The predicted molar refractivity (Wildman–Crippen MR) is 104 cm³/mol. The van der Waals surface area contributed by atoms with Gasteiger partial charge in [0.25, 0.3) is 0 Å². The second-order valence-corrected chi connectivity index (χ2v) is 6.95. The maximum absolute atomic E-state index is 5.40. The summed E-state index contributed by atoms with van der Waals surface area (Å²) in [6, 6.07) is 14.5. The molecule has 0 unspecified atom stereocenters. The van der Waals surface area contributed by atoms with Crippen LogP contribution in [0.4, 0.5) is 5.69 Å². The van der Waals surface area contributed by atoms with Gasteiger partial charge < -0.3 is 15.4 Å². The van der Waals surface area contributed by atoms with E-state index < -0.39 is 0 Å². The summed E-state index contributed by atoms with van der Waals surface area (Å²) >= 11 is 5.40. The summed E-state index contributed by atoms with van der Waals surface area (Å²) in [6.45, 7) is 6.65. The highest BCUT2D eigenvalue weighted by molar-refractivity contribution is 7.80. The summed E-state index contributed by atoms with van der Waals surface area (Å²) in [7, 11) is 1.60. The largest absolute Gasteiger partial charge is 0.481 e. The molecule has 0 saturated carbocycles. The molecular formula is C19H25N3OS. The van der Waals surface area contributed by atoms with Crippen LogP contribution in [-0.4, -0.2) is 23.2 Å². The highest BCUT2D eigenvalue weighted by atomic mass is 32.1. The molecule has 0 bridgehead atoms. The van der Waals surface area contributed by atoms with E-state index in [0.29, 0.717) is 11.0 Å². The van der Waals surface area contributed by atoms with E-state index in [1.807, 2.05) is 12.1 Å². The minimum Gasteiger partial charge on any atom is -0.481 e. The topological polar surface area (TPSA) is 46.2 Å². The molecule has 1 aromatic heterocycles. The molecule has 1 atom stereocenters. The Bertz CT molecular complexity index is 656. The lowest BCUT2D eigenvalue weighted by molar-refractivity contribution is 0.398. The van der Waals surface area contributed by atoms with Crippen molar-refractivity contribution in [1.29, 1.82) is 0 Å². The number of hydrogen-bond acceptors (Lipinski definition) is 3. The Morgan fingerprint density at radius 2 is 1.92 bits per heavy atom. The lowest BCUT2D eigenvalue weighted by Crippen LogP contribution is -2.39. The predicted octanol–water partition coefficient (Wildman–Crippen LogP) is 4.13. The fourth-order valence-electron chi connectivity index (χ4n) is 2.79. The zero-order valence-electron chi connectivity index (χ0n) is 14.7. The second kappa shape index (κ2) is 8.11. The van der Waals surface area contributed by atoms with Crippen LogP contribution in [0.15, 0.2) is 48.7 Å². The molecule has 0 fully saturated rings. The molecule has 0 spiro atoms. The first-order valence-electron chi connectivity index (χ1n) is 8.04. The lowest BCUT2D eigenvalue weighted by atomic mass is 9.79. The van der Waals surface area contributed by atoms with Crippen molar-refractivity contribution in [1.82, 2.24) is 10.3 Å². The number of thiocarbonyl (C=S) groups is 1. The highest BCUT2D eigenvalue weighted by Crippen LogP contribution is 2.28. The molecule has 2 rings (SSSR count). The Morgan fingerprint density at radius 3 is 2.50 bits per heavy atom. The van der Waals surface area contributed by atoms with Crippen molar-refractivity contribution in [2.45, 2.75) is 38.6 Å². The minimum atomic E-state index is 0.0744. The number of ether oxygens (including phenoxy) is 1. The van der Waals surface area contributed by atoms with Gasteiger partial charge in [0.1, 0.15) is 0 Å². The zero-order chi connectivity index (χ0) is 17.6. The summed E-state index contributed by atoms with van der Waals surface area (Å²) in [5.74, 6) is 0.581. The number of aromatic nitrogens is 1. The summed E-state index contributed by atoms with van der Waals surface area (Å²) in [5.41, 5.74) is 2.24. The molecule has 4 nitrogen and oxygen atoms in total. The molecular weight excluding hydrogens is 318 g/mol. The van der Waals surface area contributed by atoms with Gasteiger partial charge in [0, 0.05) is 12.1 Å². The summed E-state index contributed by atoms with van der Waals surface area (Å²) in [5, 5.41) is 7.09. The average molecular weight is 343 g/mol. The standard InChI is InChI=1S/C19H25N3OS/c1-14(12-19(2,3)15-8-6-5-7-9-15)21-18(24)22-16-10-11-17(23-4)20-13-16/h5-11,13-14H,12H2,1-4H3,(H2,21,22,24)/t14-/m1/s1. The van der Waals surface area contributed by atoms with Gasteiger partial charge in [-0.1, -0.05) is 44.2 Å². The van der Waals surface area contributed by atoms with Crippen LogP contribution < -0.4 is 15.4 Å². The van der Waals surface area contributed by atoms with Gasteiger partial charge in [0.2, 0.25) is 5.88 Å². The molecule has 0 radical (unpaired) electrons. The zero-order valence-corrected chi connectivity index (χ0v) is 15.5. The second-order valence-electron chi connectivity index (χ2n) is 6.54. The van der Waals surface area contributed by atoms with Crippen LogP contribution in [0.3, 0.4) is 0 Å². The Labute approximate surface area is 149 Å². The van der Waals surface area contributed by atoms with Crippen molar-refractivity contribution < 1.29 is 4.74 Å². The normalized spacial score (nSPS) is 12.3. The molecule has 2 aromatic rings. The van der Waals surface area contributed by atoms with Gasteiger partial charge in [-0.25, -0.2) is 4.98 Å². The van der Waals surface area contributed by atoms with Crippen molar-refractivity contribution in [3.8, 4) is 5.88 Å². The molecule has 0 aliphatic heterocycles. The summed E-state index contributed by atoms with van der Waals surface area (Å²) < 4.78 is 5.05. The maximum Gasteiger partial charge on any atom is 0.213 e. The SMILES string of the molecule is COc1ccc(NC(=S)N[C@H](C)CC(C)(C)c2ccccc2)cn1. The molecule has 2 N–H and O–H groups in total. The first kappa shape index (κ1) is 18.2. The Morgan fingerprint density at radius 1 is 1.21 bits per heavy atom. The summed E-state index contributed by atoms with van der Waals surface area (Å²) in [4.78, 5) is 4.16. The fourth-order valence-corrected chi connectivity index (χ4v) is 3.11. The van der Waals surface area contributed by atoms with Gasteiger partial charge in [0.05, 0.1) is 19.0 Å². The van der Waals surface area contributed by atoms with Crippen molar-refractivity contribution in [2.75, 3.05) is 12.4 Å². The van der Waals surface area contributed by atoms with E-state index in [4.69, 9.17) is 17.0 Å². The molecule has 0 aliphatic rings. The number of rotatable bonds is 6. The van der Waals surface area contributed by atoms with Gasteiger partial charge in [-0.3, -0.25) is 0 Å². The molecule has 0 amide bonds. The van der Waals surface area contributed by atoms with Crippen molar-refractivity contribution in [2.24, 2.45) is 0 Å². The summed E-state index contributed by atoms with van der Waals surface area (Å²) in [6.07, 6.45) is 2.67. The van der Waals surface area contributed by atoms with Gasteiger partial charge in [0.15, 0.2) is 5.11 Å². The van der Waals surface area contributed by atoms with Crippen LogP contribution in [0, 0.1) is 0 Å². The van der Waals surface area contributed by atoms with Crippen molar-refractivity contribution in [3.05, 3.63) is 54.2 Å². The van der Waals surface area contributed by atoms with Crippen LogP contribution in [0.5, 0.6) is 5.88 Å². The van der Waals surface area contributed by atoms with E-state index in [9.17, 15) is 0 Å². The highest BCUT2D eigenvalue weighted by Gasteiger charge is 2.23. The molecule has 1 heterocycles. The van der Waals surface area contributed by atoms with Crippen LogP contribution in [-0.2, 0) is 5.41 Å². The third-order valence-corrected chi connectivity index (χ3v) is 4.17. The first-order chi connectivity index (χ1) is 11.4. The third kappa shape index (κ3) is 5.20. The van der Waals surface area contributed by atoms with E-state index in [0.717, 1.165) is 12.1 Å².